The van der Waals surface area contributed by atoms with Crippen molar-refractivity contribution in [3.63, 3.8) is 0 Å². The van der Waals surface area contributed by atoms with Crippen LogP contribution in [0.5, 0.6) is 0 Å². The van der Waals surface area contributed by atoms with Crippen LogP contribution in [-0.4, -0.2) is 40.0 Å². The molecule has 3 N–H and O–H groups in total. The molecule has 1 fully saturated rings. The molecule has 2 heterocycles. The number of amidine groups is 1. The Labute approximate surface area is 150 Å². The normalized spacial score (nSPS) is 16.1. The number of nitrogens with two attached hydrogens (primary N) is 1. The van der Waals surface area contributed by atoms with Crippen LogP contribution in [0.1, 0.15) is 25.5 Å². The number of piperidine rings is 1. The molecule has 1 aromatic rings. The first-order valence-electron chi connectivity index (χ1n) is 7.55. The van der Waals surface area contributed by atoms with Gasteiger partial charge in [0.1, 0.15) is 5.82 Å². The zero-order chi connectivity index (χ0) is 17.7. The minimum atomic E-state index is -0.386. The van der Waals surface area contributed by atoms with Crippen molar-refractivity contribution >= 4 is 40.8 Å². The van der Waals surface area contributed by atoms with Gasteiger partial charge in [0.25, 0.3) is 0 Å². The molecule has 130 valence electrons. The monoisotopic (exact) mass is 371 g/mol. The molecule has 0 bridgehead atoms. The summed E-state index contributed by atoms with van der Waals surface area (Å²) in [5.41, 5.74) is 5.83. The first kappa shape index (κ1) is 18.5. The number of nitrogens with one attached hydrogen (secondary N) is 1. The lowest BCUT2D eigenvalue weighted by atomic mass is 9.92. The summed E-state index contributed by atoms with van der Waals surface area (Å²) in [4.78, 5) is 21.6. The molecule has 0 saturated carbocycles. The molecule has 6 nitrogen and oxygen atoms in total. The minimum Gasteiger partial charge on any atom is -0.387 e. The van der Waals surface area contributed by atoms with Gasteiger partial charge in [-0.2, -0.15) is 0 Å². The Kier molecular flexibility index (Phi) is 6.44. The Morgan fingerprint density at radius 2 is 2.25 bits per heavy atom. The van der Waals surface area contributed by atoms with E-state index in [9.17, 15) is 9.18 Å². The van der Waals surface area contributed by atoms with Gasteiger partial charge in [-0.3, -0.25) is 10.3 Å². The van der Waals surface area contributed by atoms with Gasteiger partial charge in [0.05, 0.1) is 16.6 Å². The van der Waals surface area contributed by atoms with E-state index < -0.39 is 0 Å². The lowest BCUT2D eigenvalue weighted by Gasteiger charge is -2.31. The summed E-state index contributed by atoms with van der Waals surface area (Å²) < 4.78 is 13.8. The highest BCUT2D eigenvalue weighted by molar-refractivity contribution is 7.80. The van der Waals surface area contributed by atoms with Crippen LogP contribution in [0.2, 0.25) is 5.02 Å². The number of halogens is 2. The molecule has 0 aromatic carbocycles. The van der Waals surface area contributed by atoms with E-state index in [1.807, 2.05) is 0 Å². The predicted octanol–water partition coefficient (Wildman–Crippen LogP) is 2.50. The van der Waals surface area contributed by atoms with Crippen molar-refractivity contribution < 1.29 is 9.18 Å². The zero-order valence-corrected chi connectivity index (χ0v) is 14.8. The number of hydrogen-bond donors (Lipinski definition) is 2. The van der Waals surface area contributed by atoms with Crippen LogP contribution in [0.3, 0.4) is 0 Å². The van der Waals surface area contributed by atoms with Crippen LogP contribution in [0.15, 0.2) is 17.3 Å². The topological polar surface area (TPSA) is 83.6 Å². The van der Waals surface area contributed by atoms with E-state index in [0.29, 0.717) is 25.2 Å². The van der Waals surface area contributed by atoms with Gasteiger partial charge in [-0.1, -0.05) is 11.6 Å². The first-order valence-corrected chi connectivity index (χ1v) is 8.34. The summed E-state index contributed by atoms with van der Waals surface area (Å²) in [5.74, 6) is 0.174. The van der Waals surface area contributed by atoms with E-state index in [1.54, 1.807) is 11.8 Å². The van der Waals surface area contributed by atoms with E-state index in [0.717, 1.165) is 12.8 Å². The van der Waals surface area contributed by atoms with Crippen molar-refractivity contribution in [2.75, 3.05) is 13.1 Å². The number of thiocarbonyl (C=S) groups is 1. The van der Waals surface area contributed by atoms with E-state index in [-0.39, 0.29) is 33.7 Å². The molecule has 0 radical (unpaired) electrons. The largest absolute Gasteiger partial charge is 0.387 e. The highest BCUT2D eigenvalue weighted by Gasteiger charge is 2.24. The van der Waals surface area contributed by atoms with E-state index in [1.165, 1.54) is 12.3 Å². The van der Waals surface area contributed by atoms with E-state index in [2.05, 4.69) is 15.3 Å². The van der Waals surface area contributed by atoms with Gasteiger partial charge in [0.2, 0.25) is 5.11 Å². The molecule has 2 amide bonds. The van der Waals surface area contributed by atoms with Crippen LogP contribution >= 0.6 is 23.8 Å². The third-order valence-electron chi connectivity index (χ3n) is 3.76. The lowest BCUT2D eigenvalue weighted by Crippen LogP contribution is -2.46. The third kappa shape index (κ3) is 5.38. The number of hydrogen-bond acceptors (Lipinski definition) is 3. The Hall–Kier alpha value is -1.80. The molecule has 0 spiro atoms. The number of rotatable bonds is 2. The summed E-state index contributed by atoms with van der Waals surface area (Å²) in [5, 5.41) is 2.86. The van der Waals surface area contributed by atoms with Crippen molar-refractivity contribution in [3.05, 3.63) is 28.8 Å². The van der Waals surface area contributed by atoms with Crippen molar-refractivity contribution in [2.45, 2.75) is 26.2 Å². The summed E-state index contributed by atoms with van der Waals surface area (Å²) >= 11 is 10.6. The molecule has 9 heteroatoms. The van der Waals surface area contributed by atoms with Gasteiger partial charge in [-0.05, 0) is 50.4 Å². The minimum absolute atomic E-state index is 0.0505. The van der Waals surface area contributed by atoms with Gasteiger partial charge >= 0.3 is 6.03 Å². The molecule has 2 rings (SSSR count). The van der Waals surface area contributed by atoms with Gasteiger partial charge in [0, 0.05) is 19.3 Å². The fraction of sp³-hybridized carbons (Fsp3) is 0.467. The van der Waals surface area contributed by atoms with Crippen LogP contribution in [-0.2, 0) is 6.42 Å². The molecule has 24 heavy (non-hydrogen) atoms. The van der Waals surface area contributed by atoms with E-state index >= 15 is 0 Å². The second kappa shape index (κ2) is 8.34. The Morgan fingerprint density at radius 3 is 2.83 bits per heavy atom. The Morgan fingerprint density at radius 1 is 1.58 bits per heavy atom. The SMILES string of the molecule is C/C(N)=N/C(=S)NC(=O)N1CCC(Cc2ncc(Cl)cc2F)CC1. The summed E-state index contributed by atoms with van der Waals surface area (Å²) in [6.07, 6.45) is 3.52. The lowest BCUT2D eigenvalue weighted by molar-refractivity contribution is 0.174. The van der Waals surface area contributed by atoms with Crippen LogP contribution in [0.25, 0.3) is 0 Å². The maximum Gasteiger partial charge on any atom is 0.323 e. The van der Waals surface area contributed by atoms with Gasteiger partial charge in [0.15, 0.2) is 0 Å². The fourth-order valence-electron chi connectivity index (χ4n) is 2.57. The Balaban J connectivity index is 1.83. The number of urea groups is 1. The number of carbonyl (C=O) groups excluding carboxylic acids is 1. The van der Waals surface area contributed by atoms with Crippen molar-refractivity contribution in [1.29, 1.82) is 0 Å². The molecule has 0 atom stereocenters. The molecular weight excluding hydrogens is 353 g/mol. The first-order chi connectivity index (χ1) is 11.3. The second-order valence-corrected chi connectivity index (χ2v) is 6.53. The molecule has 1 aromatic heterocycles. The second-order valence-electron chi connectivity index (χ2n) is 5.71. The van der Waals surface area contributed by atoms with Gasteiger partial charge < -0.3 is 10.6 Å². The smallest absolute Gasteiger partial charge is 0.323 e. The maximum atomic E-state index is 13.8. The van der Waals surface area contributed by atoms with Crippen molar-refractivity contribution in [3.8, 4) is 0 Å². The average molecular weight is 372 g/mol. The zero-order valence-electron chi connectivity index (χ0n) is 13.3. The highest BCUT2D eigenvalue weighted by Crippen LogP contribution is 2.23. The number of carbonyl (C=O) groups is 1. The number of aliphatic imine (C=N–C) groups is 1. The predicted molar refractivity (Wildman–Crippen MR) is 95.6 cm³/mol. The summed E-state index contributed by atoms with van der Waals surface area (Å²) in [6, 6.07) is 0.979. The highest BCUT2D eigenvalue weighted by atomic mass is 35.5. The van der Waals surface area contributed by atoms with Crippen molar-refractivity contribution in [2.24, 2.45) is 16.6 Å². The summed E-state index contributed by atoms with van der Waals surface area (Å²) in [7, 11) is 0. The molecule has 1 saturated heterocycles. The molecular formula is C15H19ClFN5OS. The molecule has 0 aliphatic carbocycles. The maximum absolute atomic E-state index is 13.8. The van der Waals surface area contributed by atoms with Crippen LogP contribution < -0.4 is 11.1 Å². The number of nitrogens with zero attached hydrogens (tertiary/aromatic N) is 3. The molecule has 0 unspecified atom stereocenters. The van der Waals surface area contributed by atoms with Gasteiger partial charge in [-0.15, -0.1) is 0 Å². The van der Waals surface area contributed by atoms with Crippen molar-refractivity contribution in [1.82, 2.24) is 15.2 Å². The number of amides is 2. The number of likely N-dealkylation sites (tertiary alicyclic amines) is 1. The standard InChI is InChI=1S/C15H19ClFN5OS/c1-9(18)20-14(24)21-15(23)22-4-2-10(3-5-22)6-13-12(17)7-11(16)8-19-13/h7-8,10H,2-6H2,1H3,(H3,18,20,21,23,24). The number of pyridine rings is 1. The van der Waals surface area contributed by atoms with Gasteiger partial charge in [-0.25, -0.2) is 14.2 Å². The van der Waals surface area contributed by atoms with E-state index in [4.69, 9.17) is 29.6 Å². The molecule has 1 aliphatic rings. The Bertz CT molecular complexity index is 657. The van der Waals surface area contributed by atoms with Crippen LogP contribution in [0, 0.1) is 11.7 Å². The number of aromatic nitrogens is 1. The quantitative estimate of drug-likeness (QED) is 0.475. The third-order valence-corrected chi connectivity index (χ3v) is 4.16. The average Bonchev–Trinajstić information content (AvgIpc) is 2.50. The molecule has 1 aliphatic heterocycles. The summed E-state index contributed by atoms with van der Waals surface area (Å²) in [6.45, 7) is 2.73. The van der Waals surface area contributed by atoms with Crippen LogP contribution in [0.4, 0.5) is 9.18 Å². The fourth-order valence-corrected chi connectivity index (χ4v) is 2.94.